The van der Waals surface area contributed by atoms with Crippen molar-refractivity contribution in [2.45, 2.75) is 330 Å². The second-order valence-corrected chi connectivity index (χ2v) is 21.7. The molecule has 0 aromatic carbocycles. The van der Waals surface area contributed by atoms with E-state index in [1.807, 2.05) is 0 Å². The monoisotopic (exact) mass is 919 g/mol. The summed E-state index contributed by atoms with van der Waals surface area (Å²) in [6, 6.07) is 0. The standard InChI is InChI=1S/C59H114O6/c1-53(2)45-39-33-27-21-16-13-11-9-7-8-10-12-14-18-24-30-36-42-48-57(60)63-51-56(65-59(62)50-44-38-32-26-20-23-29-35-41-47-55(5)6)52-64-58(61)49-43-37-31-25-19-15-17-22-28-34-40-46-54(3)4/h53-56H,7-52H2,1-6H3/t56-/m0/s1. The summed E-state index contributed by atoms with van der Waals surface area (Å²) in [5.41, 5.74) is 0. The van der Waals surface area contributed by atoms with Gasteiger partial charge in [-0.25, -0.2) is 0 Å². The smallest absolute Gasteiger partial charge is 0.306 e. The molecular formula is C59H114O6. The topological polar surface area (TPSA) is 78.9 Å². The highest BCUT2D eigenvalue weighted by Gasteiger charge is 2.19. The Hall–Kier alpha value is -1.59. The summed E-state index contributed by atoms with van der Waals surface area (Å²) < 4.78 is 16.9. The normalized spacial score (nSPS) is 12.1. The molecule has 65 heavy (non-hydrogen) atoms. The molecule has 0 bridgehead atoms. The third-order valence-electron chi connectivity index (χ3n) is 13.4. The molecule has 6 nitrogen and oxygen atoms in total. The summed E-state index contributed by atoms with van der Waals surface area (Å²) in [7, 11) is 0. The Morgan fingerprint density at radius 2 is 0.446 bits per heavy atom. The van der Waals surface area contributed by atoms with E-state index in [4.69, 9.17) is 14.2 Å². The first-order chi connectivity index (χ1) is 31.6. The first kappa shape index (κ1) is 63.4. The van der Waals surface area contributed by atoms with E-state index >= 15 is 0 Å². The predicted octanol–water partition coefficient (Wildman–Crippen LogP) is 19.1. The number of ether oxygens (including phenoxy) is 3. The highest BCUT2D eigenvalue weighted by molar-refractivity contribution is 5.71. The summed E-state index contributed by atoms with van der Waals surface area (Å²) in [5.74, 6) is 1.65. The number of carbonyl (C=O) groups excluding carboxylic acids is 3. The van der Waals surface area contributed by atoms with E-state index in [2.05, 4.69) is 41.5 Å². The highest BCUT2D eigenvalue weighted by Crippen LogP contribution is 2.18. The molecule has 1 atom stereocenters. The van der Waals surface area contributed by atoms with Crippen LogP contribution in [0.5, 0.6) is 0 Å². The molecule has 0 fully saturated rings. The Kier molecular flexibility index (Phi) is 49.1. The van der Waals surface area contributed by atoms with Gasteiger partial charge >= 0.3 is 17.9 Å². The average Bonchev–Trinajstić information content (AvgIpc) is 3.26. The van der Waals surface area contributed by atoms with Crippen molar-refractivity contribution in [3.05, 3.63) is 0 Å². The Bertz CT molecular complexity index is 1010. The molecule has 0 aromatic heterocycles. The van der Waals surface area contributed by atoms with Gasteiger partial charge in [0.05, 0.1) is 0 Å². The van der Waals surface area contributed by atoms with Crippen molar-refractivity contribution in [2.75, 3.05) is 13.2 Å². The fraction of sp³-hybridized carbons (Fsp3) is 0.949. The second-order valence-electron chi connectivity index (χ2n) is 21.7. The SMILES string of the molecule is CC(C)CCCCCCCCCCCCCCCCCCCCC(=O)OC[C@@H](COC(=O)CCCCCCCCCCCCCC(C)C)OC(=O)CCCCCCCCCCCC(C)C. The van der Waals surface area contributed by atoms with Gasteiger partial charge in [-0.2, -0.15) is 0 Å². The van der Waals surface area contributed by atoms with Crippen molar-refractivity contribution in [1.82, 2.24) is 0 Å². The van der Waals surface area contributed by atoms with E-state index in [1.54, 1.807) is 0 Å². The van der Waals surface area contributed by atoms with Gasteiger partial charge in [-0.1, -0.05) is 286 Å². The van der Waals surface area contributed by atoms with Gasteiger partial charge in [0, 0.05) is 19.3 Å². The number of hydrogen-bond donors (Lipinski definition) is 0. The van der Waals surface area contributed by atoms with Crippen LogP contribution in [-0.2, 0) is 28.6 Å². The van der Waals surface area contributed by atoms with Gasteiger partial charge in [-0.3, -0.25) is 14.4 Å². The minimum absolute atomic E-state index is 0.0638. The molecule has 0 N–H and O–H groups in total. The van der Waals surface area contributed by atoms with Gasteiger partial charge in [0.2, 0.25) is 0 Å². The molecule has 0 saturated heterocycles. The van der Waals surface area contributed by atoms with Crippen molar-refractivity contribution in [2.24, 2.45) is 17.8 Å². The van der Waals surface area contributed by atoms with Crippen LogP contribution in [0.2, 0.25) is 0 Å². The van der Waals surface area contributed by atoms with E-state index in [9.17, 15) is 14.4 Å². The second kappa shape index (κ2) is 50.3. The molecule has 386 valence electrons. The molecule has 0 radical (unpaired) electrons. The van der Waals surface area contributed by atoms with Gasteiger partial charge in [-0.15, -0.1) is 0 Å². The Balaban J connectivity index is 4.23. The van der Waals surface area contributed by atoms with E-state index in [0.29, 0.717) is 19.3 Å². The maximum atomic E-state index is 12.8. The van der Waals surface area contributed by atoms with E-state index in [-0.39, 0.29) is 31.1 Å². The van der Waals surface area contributed by atoms with Crippen LogP contribution in [0.4, 0.5) is 0 Å². The van der Waals surface area contributed by atoms with Crippen LogP contribution in [0.25, 0.3) is 0 Å². The molecule has 0 rings (SSSR count). The minimum atomic E-state index is -0.763. The summed E-state index contributed by atoms with van der Waals surface area (Å²) in [5, 5.41) is 0. The maximum Gasteiger partial charge on any atom is 0.306 e. The van der Waals surface area contributed by atoms with Gasteiger partial charge in [0.1, 0.15) is 13.2 Å². The average molecular weight is 920 g/mol. The highest BCUT2D eigenvalue weighted by atomic mass is 16.6. The molecule has 0 aromatic rings. The molecule has 0 amide bonds. The van der Waals surface area contributed by atoms with E-state index in [0.717, 1.165) is 75.5 Å². The third kappa shape index (κ3) is 53.2. The molecule has 6 heteroatoms. The van der Waals surface area contributed by atoms with Crippen molar-refractivity contribution in [1.29, 1.82) is 0 Å². The molecule has 0 spiro atoms. The number of unbranched alkanes of at least 4 members (excludes halogenated alkanes) is 35. The zero-order valence-corrected chi connectivity index (χ0v) is 44.8. The van der Waals surface area contributed by atoms with Gasteiger partial charge in [0.15, 0.2) is 6.10 Å². The van der Waals surface area contributed by atoms with Crippen molar-refractivity contribution < 1.29 is 28.6 Å². The van der Waals surface area contributed by atoms with Gasteiger partial charge in [0.25, 0.3) is 0 Å². The summed E-state index contributed by atoms with van der Waals surface area (Å²) in [6.45, 7) is 13.7. The molecule has 0 unspecified atom stereocenters. The van der Waals surface area contributed by atoms with Crippen LogP contribution in [0.1, 0.15) is 324 Å². The number of esters is 3. The largest absolute Gasteiger partial charge is 0.462 e. The molecule has 0 aliphatic carbocycles. The first-order valence-electron chi connectivity index (χ1n) is 29.1. The van der Waals surface area contributed by atoms with Crippen LogP contribution in [0, 0.1) is 17.8 Å². The van der Waals surface area contributed by atoms with Crippen LogP contribution < -0.4 is 0 Å². The fourth-order valence-electron chi connectivity index (χ4n) is 9.00. The lowest BCUT2D eigenvalue weighted by Gasteiger charge is -2.18. The quantitative estimate of drug-likeness (QED) is 0.0344. The minimum Gasteiger partial charge on any atom is -0.462 e. The van der Waals surface area contributed by atoms with Crippen LogP contribution in [0.3, 0.4) is 0 Å². The van der Waals surface area contributed by atoms with Gasteiger partial charge < -0.3 is 14.2 Å². The number of carbonyl (C=O) groups is 3. The lowest BCUT2D eigenvalue weighted by molar-refractivity contribution is -0.167. The lowest BCUT2D eigenvalue weighted by Crippen LogP contribution is -2.30. The summed E-state index contributed by atoms with van der Waals surface area (Å²) in [6.07, 6.45) is 52.5. The fourth-order valence-corrected chi connectivity index (χ4v) is 9.00. The first-order valence-corrected chi connectivity index (χ1v) is 29.1. The molecule has 0 heterocycles. The van der Waals surface area contributed by atoms with Crippen LogP contribution in [0.15, 0.2) is 0 Å². The summed E-state index contributed by atoms with van der Waals surface area (Å²) >= 11 is 0. The Morgan fingerprint density at radius 1 is 0.262 bits per heavy atom. The zero-order valence-electron chi connectivity index (χ0n) is 44.8. The lowest BCUT2D eigenvalue weighted by atomic mass is 10.0. The zero-order chi connectivity index (χ0) is 47.7. The van der Waals surface area contributed by atoms with Crippen molar-refractivity contribution in [3.8, 4) is 0 Å². The van der Waals surface area contributed by atoms with E-state index in [1.165, 1.54) is 205 Å². The van der Waals surface area contributed by atoms with Crippen molar-refractivity contribution in [3.63, 3.8) is 0 Å². The van der Waals surface area contributed by atoms with Gasteiger partial charge in [-0.05, 0) is 37.0 Å². The molecule has 0 aliphatic rings. The Labute approximate surface area is 406 Å². The molecular weight excluding hydrogens is 805 g/mol. The predicted molar refractivity (Wildman–Crippen MR) is 279 cm³/mol. The third-order valence-corrected chi connectivity index (χ3v) is 13.4. The van der Waals surface area contributed by atoms with E-state index < -0.39 is 6.10 Å². The summed E-state index contributed by atoms with van der Waals surface area (Å²) in [4.78, 5) is 38.1. The van der Waals surface area contributed by atoms with Crippen molar-refractivity contribution >= 4 is 17.9 Å². The molecule has 0 saturated carbocycles. The maximum absolute atomic E-state index is 12.8. The number of hydrogen-bond acceptors (Lipinski definition) is 6. The number of rotatable bonds is 52. The van der Waals surface area contributed by atoms with Crippen LogP contribution >= 0.6 is 0 Å². The van der Waals surface area contributed by atoms with Crippen LogP contribution in [-0.4, -0.2) is 37.2 Å². The Morgan fingerprint density at radius 3 is 0.662 bits per heavy atom. The molecule has 0 aliphatic heterocycles.